The molecule has 0 bridgehead atoms. The minimum Gasteiger partial charge on any atom is -0.486 e. The van der Waals surface area contributed by atoms with Crippen LogP contribution in [-0.4, -0.2) is 25.2 Å². The number of hydrogen-bond acceptors (Lipinski definition) is 4. The van der Waals surface area contributed by atoms with Gasteiger partial charge in [0.2, 0.25) is 0 Å². The maximum absolute atomic E-state index is 12.6. The fraction of sp³-hybridized carbons (Fsp3) is 0.350. The molecule has 6 heteroatoms. The van der Waals surface area contributed by atoms with Gasteiger partial charge in [-0.25, -0.2) is 0 Å². The Balaban J connectivity index is 1.65. The lowest BCUT2D eigenvalue weighted by Crippen LogP contribution is -2.39. The highest BCUT2D eigenvalue weighted by atomic mass is 35.5. The SMILES string of the molecule is CC[C@@H](Oc1cccc(Cl)c1)C(=O)N[C@@H](C)c1ccc2c(c1)OCCO2. The van der Waals surface area contributed by atoms with E-state index in [0.29, 0.717) is 36.2 Å². The van der Waals surface area contributed by atoms with Gasteiger partial charge in [0.05, 0.1) is 6.04 Å². The Bertz CT molecular complexity index is 780. The van der Waals surface area contributed by atoms with Crippen molar-refractivity contribution < 1.29 is 19.0 Å². The molecule has 0 unspecified atom stereocenters. The van der Waals surface area contributed by atoms with Crippen molar-refractivity contribution in [2.45, 2.75) is 32.4 Å². The molecule has 0 fully saturated rings. The molecule has 1 amide bonds. The van der Waals surface area contributed by atoms with Crippen LogP contribution >= 0.6 is 11.6 Å². The van der Waals surface area contributed by atoms with Gasteiger partial charge in [-0.1, -0.05) is 30.7 Å². The monoisotopic (exact) mass is 375 g/mol. The highest BCUT2D eigenvalue weighted by Gasteiger charge is 2.22. The van der Waals surface area contributed by atoms with Crippen LogP contribution in [0, 0.1) is 0 Å². The van der Waals surface area contributed by atoms with Gasteiger partial charge in [-0.05, 0) is 49.2 Å². The fourth-order valence-corrected chi connectivity index (χ4v) is 2.93. The molecule has 3 rings (SSSR count). The number of nitrogens with one attached hydrogen (secondary N) is 1. The highest BCUT2D eigenvalue weighted by Crippen LogP contribution is 2.32. The summed E-state index contributed by atoms with van der Waals surface area (Å²) in [6.07, 6.45) is -0.0419. The van der Waals surface area contributed by atoms with E-state index in [2.05, 4.69) is 5.32 Å². The zero-order valence-electron chi connectivity index (χ0n) is 14.8. The van der Waals surface area contributed by atoms with Crippen molar-refractivity contribution in [3.8, 4) is 17.2 Å². The second kappa shape index (κ2) is 8.32. The van der Waals surface area contributed by atoms with E-state index in [0.717, 1.165) is 11.3 Å². The van der Waals surface area contributed by atoms with E-state index in [1.165, 1.54) is 0 Å². The first-order valence-corrected chi connectivity index (χ1v) is 9.06. The van der Waals surface area contributed by atoms with Crippen LogP contribution in [0.5, 0.6) is 17.2 Å². The molecule has 2 atom stereocenters. The van der Waals surface area contributed by atoms with Crippen LogP contribution in [0.4, 0.5) is 0 Å². The molecule has 0 radical (unpaired) electrons. The van der Waals surface area contributed by atoms with Crippen molar-refractivity contribution >= 4 is 17.5 Å². The van der Waals surface area contributed by atoms with Crippen molar-refractivity contribution in [2.24, 2.45) is 0 Å². The lowest BCUT2D eigenvalue weighted by atomic mass is 10.1. The summed E-state index contributed by atoms with van der Waals surface area (Å²) in [7, 11) is 0. The summed E-state index contributed by atoms with van der Waals surface area (Å²) in [5.74, 6) is 1.84. The largest absolute Gasteiger partial charge is 0.486 e. The molecule has 5 nitrogen and oxygen atoms in total. The van der Waals surface area contributed by atoms with E-state index >= 15 is 0 Å². The lowest BCUT2D eigenvalue weighted by molar-refractivity contribution is -0.128. The van der Waals surface area contributed by atoms with Gasteiger partial charge in [0.1, 0.15) is 19.0 Å². The Kier molecular flexibility index (Phi) is 5.89. The van der Waals surface area contributed by atoms with Gasteiger partial charge < -0.3 is 19.5 Å². The molecule has 1 aliphatic heterocycles. The molecule has 1 N–H and O–H groups in total. The lowest BCUT2D eigenvalue weighted by Gasteiger charge is -2.23. The van der Waals surface area contributed by atoms with E-state index in [9.17, 15) is 4.79 Å². The van der Waals surface area contributed by atoms with E-state index in [-0.39, 0.29) is 11.9 Å². The molecule has 0 saturated carbocycles. The van der Waals surface area contributed by atoms with Gasteiger partial charge in [0, 0.05) is 5.02 Å². The van der Waals surface area contributed by atoms with Gasteiger partial charge in [-0.3, -0.25) is 4.79 Å². The summed E-state index contributed by atoms with van der Waals surface area (Å²) in [6.45, 7) is 4.92. The molecule has 0 aromatic heterocycles. The van der Waals surface area contributed by atoms with E-state index in [1.807, 2.05) is 32.0 Å². The molecular weight excluding hydrogens is 354 g/mol. The van der Waals surface area contributed by atoms with Crippen LogP contribution < -0.4 is 19.5 Å². The van der Waals surface area contributed by atoms with Crippen LogP contribution in [-0.2, 0) is 4.79 Å². The number of carbonyl (C=O) groups excluding carboxylic acids is 1. The average Bonchev–Trinajstić information content (AvgIpc) is 2.65. The molecule has 2 aromatic rings. The second-order valence-electron chi connectivity index (χ2n) is 6.11. The predicted octanol–water partition coefficient (Wildman–Crippen LogP) is 4.15. The molecule has 1 aliphatic rings. The molecule has 138 valence electrons. The summed E-state index contributed by atoms with van der Waals surface area (Å²) in [4.78, 5) is 12.6. The summed E-state index contributed by atoms with van der Waals surface area (Å²) >= 11 is 5.97. The number of halogens is 1. The third-order valence-corrected chi connectivity index (χ3v) is 4.40. The summed E-state index contributed by atoms with van der Waals surface area (Å²) in [6, 6.07) is 12.5. The first-order valence-electron chi connectivity index (χ1n) is 8.69. The maximum atomic E-state index is 12.6. The van der Waals surface area contributed by atoms with Crippen molar-refractivity contribution in [2.75, 3.05) is 13.2 Å². The molecule has 0 saturated heterocycles. The number of amides is 1. The van der Waals surface area contributed by atoms with Gasteiger partial charge in [-0.15, -0.1) is 0 Å². The third kappa shape index (κ3) is 4.41. The summed E-state index contributed by atoms with van der Waals surface area (Å²) in [5, 5.41) is 3.57. The van der Waals surface area contributed by atoms with E-state index in [1.54, 1.807) is 24.3 Å². The van der Waals surface area contributed by atoms with Gasteiger partial charge in [0.25, 0.3) is 5.91 Å². The van der Waals surface area contributed by atoms with Gasteiger partial charge >= 0.3 is 0 Å². The predicted molar refractivity (Wildman–Crippen MR) is 100 cm³/mol. The first kappa shape index (κ1) is 18.4. The Labute approximate surface area is 158 Å². The Hall–Kier alpha value is -2.40. The fourth-order valence-electron chi connectivity index (χ4n) is 2.75. The minimum absolute atomic E-state index is 0.171. The number of fused-ring (bicyclic) bond motifs is 1. The van der Waals surface area contributed by atoms with Gasteiger partial charge in [0.15, 0.2) is 17.6 Å². The second-order valence-corrected chi connectivity index (χ2v) is 6.54. The Morgan fingerprint density at radius 3 is 2.69 bits per heavy atom. The molecule has 2 aromatic carbocycles. The quantitative estimate of drug-likeness (QED) is 0.824. The molecule has 0 spiro atoms. The molecule has 1 heterocycles. The molecule has 0 aliphatic carbocycles. The molecule has 26 heavy (non-hydrogen) atoms. The van der Waals surface area contributed by atoms with E-state index in [4.69, 9.17) is 25.8 Å². The number of rotatable bonds is 6. The van der Waals surface area contributed by atoms with Crippen molar-refractivity contribution in [1.82, 2.24) is 5.32 Å². The zero-order valence-corrected chi connectivity index (χ0v) is 15.6. The van der Waals surface area contributed by atoms with Crippen molar-refractivity contribution in [1.29, 1.82) is 0 Å². The number of carbonyl (C=O) groups is 1. The van der Waals surface area contributed by atoms with Crippen LogP contribution in [0.15, 0.2) is 42.5 Å². The Morgan fingerprint density at radius 2 is 1.96 bits per heavy atom. The highest BCUT2D eigenvalue weighted by molar-refractivity contribution is 6.30. The first-order chi connectivity index (χ1) is 12.6. The molecular formula is C20H22ClNO4. The van der Waals surface area contributed by atoms with Crippen molar-refractivity contribution in [3.05, 3.63) is 53.1 Å². The summed E-state index contributed by atoms with van der Waals surface area (Å²) < 4.78 is 16.9. The van der Waals surface area contributed by atoms with Crippen molar-refractivity contribution in [3.63, 3.8) is 0 Å². The van der Waals surface area contributed by atoms with Gasteiger partial charge in [-0.2, -0.15) is 0 Å². The Morgan fingerprint density at radius 1 is 1.19 bits per heavy atom. The normalized spacial score (nSPS) is 15.0. The third-order valence-electron chi connectivity index (χ3n) is 4.16. The zero-order chi connectivity index (χ0) is 18.5. The summed E-state index contributed by atoms with van der Waals surface area (Å²) in [5.41, 5.74) is 0.945. The number of hydrogen-bond donors (Lipinski definition) is 1. The smallest absolute Gasteiger partial charge is 0.261 e. The number of benzene rings is 2. The van der Waals surface area contributed by atoms with Crippen LogP contribution in [0.1, 0.15) is 31.9 Å². The minimum atomic E-state index is -0.590. The average molecular weight is 376 g/mol. The van der Waals surface area contributed by atoms with Crippen LogP contribution in [0.25, 0.3) is 0 Å². The van der Waals surface area contributed by atoms with Crippen LogP contribution in [0.3, 0.4) is 0 Å². The topological polar surface area (TPSA) is 56.8 Å². The standard InChI is InChI=1S/C20H22ClNO4/c1-3-17(26-16-6-4-5-15(21)12-16)20(23)22-13(2)14-7-8-18-19(11-14)25-10-9-24-18/h4-8,11-13,17H,3,9-10H2,1-2H3,(H,22,23)/t13-,17+/m0/s1. The van der Waals surface area contributed by atoms with Crippen LogP contribution in [0.2, 0.25) is 5.02 Å². The maximum Gasteiger partial charge on any atom is 0.261 e. The van der Waals surface area contributed by atoms with E-state index < -0.39 is 6.10 Å². The number of ether oxygens (including phenoxy) is 3.